The zero-order valence-electron chi connectivity index (χ0n) is 9.04. The molecule has 8 heteroatoms. The lowest BCUT2D eigenvalue weighted by Gasteiger charge is -2.08. The van der Waals surface area contributed by atoms with Crippen molar-refractivity contribution in [2.75, 3.05) is 11.5 Å². The lowest BCUT2D eigenvalue weighted by atomic mass is 10.3. The molecule has 1 aromatic heterocycles. The topological polar surface area (TPSA) is 43.8 Å². The van der Waals surface area contributed by atoms with Gasteiger partial charge in [0.05, 0.1) is 11.0 Å². The monoisotopic (exact) mass is 279 g/mol. The molecule has 0 bridgehead atoms. The Hall–Kier alpha value is -1.44. The van der Waals surface area contributed by atoms with Crippen molar-refractivity contribution in [1.29, 1.82) is 0 Å². The third kappa shape index (κ3) is 2.87. The molecule has 2 aromatic rings. The van der Waals surface area contributed by atoms with E-state index < -0.39 is 11.3 Å². The minimum absolute atomic E-state index is 0.0238. The number of aryl methyl sites for hydroxylation is 1. The summed E-state index contributed by atoms with van der Waals surface area (Å²) >= 11 is -0.145. The molecule has 98 valence electrons. The molecule has 0 spiro atoms. The van der Waals surface area contributed by atoms with Crippen molar-refractivity contribution in [2.24, 2.45) is 0 Å². The molecule has 0 fully saturated rings. The summed E-state index contributed by atoms with van der Waals surface area (Å²) in [5.41, 5.74) is 2.17. The lowest BCUT2D eigenvalue weighted by molar-refractivity contribution is -0.0328. The molecule has 2 rings (SSSR count). The first-order valence-electron chi connectivity index (χ1n) is 4.99. The molecule has 0 aliphatic rings. The quantitative estimate of drug-likeness (QED) is 0.878. The molecule has 1 heterocycles. The van der Waals surface area contributed by atoms with Crippen LogP contribution in [0.3, 0.4) is 0 Å². The van der Waals surface area contributed by atoms with E-state index in [2.05, 4.69) is 4.98 Å². The van der Waals surface area contributed by atoms with E-state index in [9.17, 15) is 17.6 Å². The van der Waals surface area contributed by atoms with Crippen molar-refractivity contribution in [1.82, 2.24) is 9.55 Å². The predicted octanol–water partition coefficient (Wildman–Crippen LogP) is 3.01. The predicted molar refractivity (Wildman–Crippen MR) is 62.6 cm³/mol. The van der Waals surface area contributed by atoms with Crippen molar-refractivity contribution in [2.45, 2.75) is 12.1 Å². The first-order chi connectivity index (χ1) is 8.37. The van der Waals surface area contributed by atoms with Crippen LogP contribution in [0, 0.1) is 5.82 Å². The summed E-state index contributed by atoms with van der Waals surface area (Å²) in [6.45, 7) is 0.0238. The molecule has 0 atom stereocenters. The van der Waals surface area contributed by atoms with Crippen LogP contribution in [0.4, 0.5) is 23.5 Å². The Kier molecular flexibility index (Phi) is 3.38. The average molecular weight is 279 g/mol. The molecule has 0 saturated heterocycles. The third-order valence-electron chi connectivity index (χ3n) is 2.32. The van der Waals surface area contributed by atoms with Crippen LogP contribution < -0.4 is 5.73 Å². The van der Waals surface area contributed by atoms with Crippen LogP contribution >= 0.6 is 11.8 Å². The van der Waals surface area contributed by atoms with Gasteiger partial charge >= 0.3 is 5.51 Å². The number of thioether (sulfide) groups is 1. The number of nitrogens with zero attached hydrogens (tertiary/aromatic N) is 2. The number of imidazole rings is 1. The normalized spacial score (nSPS) is 12.2. The highest BCUT2D eigenvalue weighted by Crippen LogP contribution is 2.30. The summed E-state index contributed by atoms with van der Waals surface area (Å²) in [6.07, 6.45) is 0. The number of rotatable bonds is 3. The van der Waals surface area contributed by atoms with Crippen molar-refractivity contribution in [3.8, 4) is 0 Å². The van der Waals surface area contributed by atoms with E-state index in [0.29, 0.717) is 11.0 Å². The molecule has 0 aliphatic heterocycles. The van der Waals surface area contributed by atoms with Crippen LogP contribution in [0.5, 0.6) is 0 Å². The number of hydrogen-bond acceptors (Lipinski definition) is 3. The number of anilines is 1. The molecule has 1 aromatic carbocycles. The molecular formula is C10H9F4N3S. The molecule has 18 heavy (non-hydrogen) atoms. The second-order valence-electron chi connectivity index (χ2n) is 3.55. The number of nitrogens with two attached hydrogens (primary N) is 1. The Morgan fingerprint density at radius 1 is 1.33 bits per heavy atom. The maximum Gasteiger partial charge on any atom is 0.441 e. The first kappa shape index (κ1) is 13.0. The Bertz CT molecular complexity index is 564. The largest absolute Gasteiger partial charge is 0.441 e. The Morgan fingerprint density at radius 2 is 2.06 bits per heavy atom. The fourth-order valence-electron chi connectivity index (χ4n) is 1.60. The summed E-state index contributed by atoms with van der Waals surface area (Å²) < 4.78 is 50.5. The van der Waals surface area contributed by atoms with Gasteiger partial charge in [-0.05, 0) is 30.0 Å². The van der Waals surface area contributed by atoms with E-state index in [1.807, 2.05) is 0 Å². The van der Waals surface area contributed by atoms with E-state index in [0.717, 1.165) is 0 Å². The Morgan fingerprint density at radius 3 is 2.72 bits per heavy atom. The highest BCUT2D eigenvalue weighted by molar-refractivity contribution is 8.00. The summed E-state index contributed by atoms with van der Waals surface area (Å²) in [5, 5.41) is 0. The van der Waals surface area contributed by atoms with Gasteiger partial charge in [-0.15, -0.1) is 0 Å². The summed E-state index contributed by atoms with van der Waals surface area (Å²) in [5.74, 6) is -0.596. The third-order valence-corrected chi connectivity index (χ3v) is 3.03. The van der Waals surface area contributed by atoms with Gasteiger partial charge in [-0.25, -0.2) is 9.37 Å². The number of hydrogen-bond donors (Lipinski definition) is 1. The van der Waals surface area contributed by atoms with Crippen LogP contribution in [0.25, 0.3) is 11.0 Å². The number of alkyl halides is 3. The van der Waals surface area contributed by atoms with Gasteiger partial charge in [-0.2, -0.15) is 13.2 Å². The van der Waals surface area contributed by atoms with E-state index in [1.54, 1.807) is 0 Å². The van der Waals surface area contributed by atoms with Crippen LogP contribution in [-0.4, -0.2) is 20.8 Å². The standard InChI is InChI=1S/C10H9F4N3S/c11-6-1-2-7-8(5-6)17(9(15)16-7)3-4-18-10(12,13)14/h1-2,5H,3-4H2,(H2,15,16). The van der Waals surface area contributed by atoms with Crippen LogP contribution in [0.1, 0.15) is 0 Å². The van der Waals surface area contributed by atoms with Crippen molar-refractivity contribution in [3.63, 3.8) is 0 Å². The van der Waals surface area contributed by atoms with E-state index in [1.165, 1.54) is 22.8 Å². The average Bonchev–Trinajstić information content (AvgIpc) is 2.54. The van der Waals surface area contributed by atoms with Crippen LogP contribution in [0.15, 0.2) is 18.2 Å². The van der Waals surface area contributed by atoms with Crippen LogP contribution in [-0.2, 0) is 6.54 Å². The van der Waals surface area contributed by atoms with Gasteiger partial charge in [0.1, 0.15) is 5.82 Å². The second-order valence-corrected chi connectivity index (χ2v) is 4.71. The van der Waals surface area contributed by atoms with Gasteiger partial charge in [-0.3, -0.25) is 0 Å². The zero-order valence-corrected chi connectivity index (χ0v) is 9.85. The number of aromatic nitrogens is 2. The maximum absolute atomic E-state index is 13.1. The number of nitrogen functional groups attached to an aromatic ring is 1. The minimum atomic E-state index is -4.28. The molecule has 0 radical (unpaired) electrons. The van der Waals surface area contributed by atoms with Gasteiger partial charge in [0, 0.05) is 12.3 Å². The molecule has 3 nitrogen and oxygen atoms in total. The fraction of sp³-hybridized carbons (Fsp3) is 0.300. The summed E-state index contributed by atoms with van der Waals surface area (Å²) in [4.78, 5) is 3.95. The molecular weight excluding hydrogens is 270 g/mol. The van der Waals surface area contributed by atoms with Gasteiger partial charge in [0.2, 0.25) is 5.95 Å². The molecule has 0 amide bonds. The molecule has 0 aliphatic carbocycles. The molecule has 2 N–H and O–H groups in total. The Balaban J connectivity index is 2.22. The van der Waals surface area contributed by atoms with Crippen molar-refractivity contribution < 1.29 is 17.6 Å². The van der Waals surface area contributed by atoms with E-state index in [4.69, 9.17) is 5.73 Å². The van der Waals surface area contributed by atoms with Crippen molar-refractivity contribution in [3.05, 3.63) is 24.0 Å². The zero-order chi connectivity index (χ0) is 13.3. The van der Waals surface area contributed by atoms with Gasteiger partial charge in [0.25, 0.3) is 0 Å². The van der Waals surface area contributed by atoms with Crippen molar-refractivity contribution >= 4 is 28.7 Å². The number of halogens is 4. The maximum atomic E-state index is 13.1. The molecule has 0 unspecified atom stereocenters. The summed E-state index contributed by atoms with van der Waals surface area (Å²) in [6, 6.07) is 3.87. The highest BCUT2D eigenvalue weighted by atomic mass is 32.2. The number of benzene rings is 1. The number of fused-ring (bicyclic) bond motifs is 1. The first-order valence-corrected chi connectivity index (χ1v) is 5.97. The van der Waals surface area contributed by atoms with E-state index >= 15 is 0 Å². The van der Waals surface area contributed by atoms with E-state index in [-0.39, 0.29) is 30.0 Å². The van der Waals surface area contributed by atoms with Gasteiger partial charge < -0.3 is 10.3 Å². The SMILES string of the molecule is Nc1nc2ccc(F)cc2n1CCSC(F)(F)F. The lowest BCUT2D eigenvalue weighted by Crippen LogP contribution is -2.09. The minimum Gasteiger partial charge on any atom is -0.369 e. The smallest absolute Gasteiger partial charge is 0.369 e. The summed E-state index contributed by atoms with van der Waals surface area (Å²) in [7, 11) is 0. The van der Waals surface area contributed by atoms with Gasteiger partial charge in [0.15, 0.2) is 0 Å². The van der Waals surface area contributed by atoms with Crippen LogP contribution in [0.2, 0.25) is 0 Å². The fourth-order valence-corrected chi connectivity index (χ4v) is 2.11. The second kappa shape index (κ2) is 4.68. The Labute approximate surface area is 104 Å². The highest BCUT2D eigenvalue weighted by Gasteiger charge is 2.27. The molecule has 0 saturated carbocycles. The van der Waals surface area contributed by atoms with Gasteiger partial charge in [-0.1, -0.05) is 0 Å².